The third kappa shape index (κ3) is 2.41. The number of anilines is 1. The fourth-order valence-corrected chi connectivity index (χ4v) is 0.628. The molecule has 1 aromatic rings. The molecule has 1 unspecified atom stereocenters. The number of pyridine rings is 1. The standard InChI is InChI=1S/C7H9FN2O/c1-5(8)11-7-3-2-6(9)4-10-7/h2-5H,9H2,1H3. The molecule has 1 aromatic heterocycles. The van der Waals surface area contributed by atoms with Crippen molar-refractivity contribution in [3.05, 3.63) is 18.3 Å². The molecule has 0 spiro atoms. The Bertz CT molecular complexity index is 222. The van der Waals surface area contributed by atoms with Crippen LogP contribution in [0.5, 0.6) is 5.88 Å². The molecule has 60 valence electrons. The summed E-state index contributed by atoms with van der Waals surface area (Å²) in [5, 5.41) is 0. The summed E-state index contributed by atoms with van der Waals surface area (Å²) in [5.41, 5.74) is 5.88. The van der Waals surface area contributed by atoms with Crippen LogP contribution in [-0.2, 0) is 0 Å². The summed E-state index contributed by atoms with van der Waals surface area (Å²) in [6, 6.07) is 3.12. The number of rotatable bonds is 2. The van der Waals surface area contributed by atoms with Gasteiger partial charge in [0.1, 0.15) is 0 Å². The maximum atomic E-state index is 12.2. The molecule has 1 heterocycles. The molecule has 3 nitrogen and oxygen atoms in total. The molecule has 11 heavy (non-hydrogen) atoms. The quantitative estimate of drug-likeness (QED) is 0.703. The zero-order valence-corrected chi connectivity index (χ0v) is 6.12. The van der Waals surface area contributed by atoms with E-state index in [1.54, 1.807) is 6.07 Å². The molecule has 0 saturated carbocycles. The highest BCUT2D eigenvalue weighted by atomic mass is 19.1. The van der Waals surface area contributed by atoms with E-state index in [4.69, 9.17) is 5.73 Å². The summed E-state index contributed by atoms with van der Waals surface area (Å²) in [7, 11) is 0. The zero-order chi connectivity index (χ0) is 8.27. The van der Waals surface area contributed by atoms with Crippen LogP contribution >= 0.6 is 0 Å². The molecule has 1 rings (SSSR count). The zero-order valence-electron chi connectivity index (χ0n) is 6.12. The SMILES string of the molecule is CC(F)Oc1ccc(N)cn1. The van der Waals surface area contributed by atoms with Gasteiger partial charge in [0.25, 0.3) is 0 Å². The number of nitrogens with two attached hydrogens (primary N) is 1. The predicted molar refractivity (Wildman–Crippen MR) is 39.8 cm³/mol. The van der Waals surface area contributed by atoms with Crippen LogP contribution in [0, 0.1) is 0 Å². The van der Waals surface area contributed by atoms with Gasteiger partial charge in [0.15, 0.2) is 0 Å². The average molecular weight is 156 g/mol. The maximum absolute atomic E-state index is 12.2. The average Bonchev–Trinajstić information content (AvgIpc) is 1.93. The minimum Gasteiger partial charge on any atom is -0.444 e. The summed E-state index contributed by atoms with van der Waals surface area (Å²) in [5.74, 6) is 0.245. The summed E-state index contributed by atoms with van der Waals surface area (Å²) >= 11 is 0. The first-order valence-electron chi connectivity index (χ1n) is 3.21. The Morgan fingerprint density at radius 2 is 2.36 bits per heavy atom. The van der Waals surface area contributed by atoms with Gasteiger partial charge >= 0.3 is 0 Å². The van der Waals surface area contributed by atoms with Crippen LogP contribution in [0.1, 0.15) is 6.92 Å². The summed E-state index contributed by atoms with van der Waals surface area (Å²) in [6.07, 6.45) is 0.0728. The highest BCUT2D eigenvalue weighted by Crippen LogP contribution is 2.10. The lowest BCUT2D eigenvalue weighted by molar-refractivity contribution is 0.0810. The van der Waals surface area contributed by atoms with Crippen molar-refractivity contribution in [3.8, 4) is 5.88 Å². The molecular formula is C7H9FN2O. The lowest BCUT2D eigenvalue weighted by atomic mass is 10.4. The van der Waals surface area contributed by atoms with Crippen LogP contribution in [0.15, 0.2) is 18.3 Å². The molecule has 0 aliphatic carbocycles. The van der Waals surface area contributed by atoms with Crippen molar-refractivity contribution in [3.63, 3.8) is 0 Å². The molecule has 0 bridgehead atoms. The molecule has 4 heteroatoms. The first kappa shape index (κ1) is 7.78. The second-order valence-electron chi connectivity index (χ2n) is 2.09. The number of halogens is 1. The number of hydrogen-bond donors (Lipinski definition) is 1. The monoisotopic (exact) mass is 156 g/mol. The van der Waals surface area contributed by atoms with Gasteiger partial charge in [-0.25, -0.2) is 9.37 Å². The number of aromatic nitrogens is 1. The number of hydrogen-bond acceptors (Lipinski definition) is 3. The molecule has 0 radical (unpaired) electrons. The van der Waals surface area contributed by atoms with Gasteiger partial charge in [-0.3, -0.25) is 0 Å². The van der Waals surface area contributed by atoms with Crippen LogP contribution in [0.4, 0.5) is 10.1 Å². The maximum Gasteiger partial charge on any atom is 0.237 e. The lowest BCUT2D eigenvalue weighted by Gasteiger charge is -2.04. The van der Waals surface area contributed by atoms with E-state index in [9.17, 15) is 4.39 Å². The first-order valence-corrected chi connectivity index (χ1v) is 3.21. The smallest absolute Gasteiger partial charge is 0.237 e. The second-order valence-corrected chi connectivity index (χ2v) is 2.09. The van der Waals surface area contributed by atoms with E-state index in [0.717, 1.165) is 0 Å². The highest BCUT2D eigenvalue weighted by Gasteiger charge is 1.99. The van der Waals surface area contributed by atoms with Crippen molar-refractivity contribution in [2.24, 2.45) is 0 Å². The van der Waals surface area contributed by atoms with Gasteiger partial charge < -0.3 is 10.5 Å². The summed E-state index contributed by atoms with van der Waals surface area (Å²) < 4.78 is 16.8. The van der Waals surface area contributed by atoms with Crippen molar-refractivity contribution in [1.29, 1.82) is 0 Å². The minimum absolute atomic E-state index is 0.245. The van der Waals surface area contributed by atoms with Crippen molar-refractivity contribution >= 4 is 5.69 Å². The number of nitrogen functional groups attached to an aromatic ring is 1. The van der Waals surface area contributed by atoms with E-state index >= 15 is 0 Å². The molecule has 0 saturated heterocycles. The van der Waals surface area contributed by atoms with E-state index in [0.29, 0.717) is 5.69 Å². The predicted octanol–water partition coefficient (Wildman–Crippen LogP) is 1.36. The molecule has 0 fully saturated rings. The highest BCUT2D eigenvalue weighted by molar-refractivity contribution is 5.35. The summed E-state index contributed by atoms with van der Waals surface area (Å²) in [4.78, 5) is 3.73. The van der Waals surface area contributed by atoms with E-state index < -0.39 is 6.36 Å². The van der Waals surface area contributed by atoms with Gasteiger partial charge in [-0.2, -0.15) is 0 Å². The van der Waals surface area contributed by atoms with E-state index in [2.05, 4.69) is 9.72 Å². The van der Waals surface area contributed by atoms with Crippen LogP contribution in [0.2, 0.25) is 0 Å². The molecule has 2 N–H and O–H groups in total. The third-order valence-corrected chi connectivity index (χ3v) is 1.04. The Kier molecular flexibility index (Phi) is 2.25. The van der Waals surface area contributed by atoms with Crippen LogP contribution < -0.4 is 10.5 Å². The number of ether oxygens (including phenoxy) is 1. The molecule has 0 amide bonds. The Balaban J connectivity index is 2.66. The van der Waals surface area contributed by atoms with Crippen LogP contribution in [-0.4, -0.2) is 11.3 Å². The number of nitrogens with zero attached hydrogens (tertiary/aromatic N) is 1. The van der Waals surface area contributed by atoms with E-state index in [1.807, 2.05) is 0 Å². The molecule has 1 atom stereocenters. The van der Waals surface area contributed by atoms with E-state index in [1.165, 1.54) is 19.2 Å². The Labute approximate surface area is 64.0 Å². The third-order valence-electron chi connectivity index (χ3n) is 1.04. The molecular weight excluding hydrogens is 147 g/mol. The first-order chi connectivity index (χ1) is 5.18. The van der Waals surface area contributed by atoms with Gasteiger partial charge in [-0.1, -0.05) is 0 Å². The Hall–Kier alpha value is -1.32. The summed E-state index contributed by atoms with van der Waals surface area (Å²) in [6.45, 7) is 1.29. The Morgan fingerprint density at radius 3 is 2.82 bits per heavy atom. The molecule has 0 aliphatic heterocycles. The second kappa shape index (κ2) is 3.18. The minimum atomic E-state index is -1.34. The van der Waals surface area contributed by atoms with Crippen LogP contribution in [0.3, 0.4) is 0 Å². The van der Waals surface area contributed by atoms with Crippen molar-refractivity contribution in [2.45, 2.75) is 13.3 Å². The van der Waals surface area contributed by atoms with Gasteiger partial charge in [0.05, 0.1) is 11.9 Å². The topological polar surface area (TPSA) is 48.1 Å². The van der Waals surface area contributed by atoms with Gasteiger partial charge in [0, 0.05) is 13.0 Å². The van der Waals surface area contributed by atoms with Crippen molar-refractivity contribution < 1.29 is 9.13 Å². The van der Waals surface area contributed by atoms with E-state index in [-0.39, 0.29) is 5.88 Å². The van der Waals surface area contributed by atoms with Crippen molar-refractivity contribution in [1.82, 2.24) is 4.98 Å². The molecule has 0 aromatic carbocycles. The fraction of sp³-hybridized carbons (Fsp3) is 0.286. The van der Waals surface area contributed by atoms with Crippen LogP contribution in [0.25, 0.3) is 0 Å². The van der Waals surface area contributed by atoms with Crippen molar-refractivity contribution in [2.75, 3.05) is 5.73 Å². The van der Waals surface area contributed by atoms with Gasteiger partial charge in [0.2, 0.25) is 12.2 Å². The normalized spacial score (nSPS) is 12.5. The largest absolute Gasteiger partial charge is 0.444 e. The van der Waals surface area contributed by atoms with Gasteiger partial charge in [-0.05, 0) is 6.07 Å². The van der Waals surface area contributed by atoms with Gasteiger partial charge in [-0.15, -0.1) is 0 Å². The lowest BCUT2D eigenvalue weighted by Crippen LogP contribution is -2.04. The molecule has 0 aliphatic rings. The number of alkyl halides is 1. The fourth-order valence-electron chi connectivity index (χ4n) is 0.628. The Morgan fingerprint density at radius 1 is 1.64 bits per heavy atom.